The van der Waals surface area contributed by atoms with Gasteiger partial charge in [-0.1, -0.05) is 18.2 Å². The fourth-order valence-electron chi connectivity index (χ4n) is 3.28. The summed E-state index contributed by atoms with van der Waals surface area (Å²) in [4.78, 5) is 33.2. The molecule has 4 rings (SSSR count). The third-order valence-corrected chi connectivity index (χ3v) is 4.63. The average molecular weight is 353 g/mol. The van der Waals surface area contributed by atoms with Crippen LogP contribution in [0.15, 0.2) is 35.4 Å². The van der Waals surface area contributed by atoms with E-state index in [1.165, 1.54) is 10.8 Å². The van der Waals surface area contributed by atoms with Gasteiger partial charge in [-0.2, -0.15) is 4.52 Å². The highest BCUT2D eigenvalue weighted by Gasteiger charge is 2.22. The highest BCUT2D eigenvalue weighted by Crippen LogP contribution is 2.31. The number of hydrogen-bond acceptors (Lipinski definition) is 5. The minimum atomic E-state index is -0.214. The van der Waals surface area contributed by atoms with Gasteiger partial charge in [0.2, 0.25) is 5.91 Å². The Bertz CT molecular complexity index is 1020. The van der Waals surface area contributed by atoms with E-state index in [9.17, 15) is 9.59 Å². The molecule has 1 amide bonds. The topological polar surface area (TPSA) is 101 Å². The number of H-pyrrole nitrogens is 1. The Morgan fingerprint density at radius 1 is 1.42 bits per heavy atom. The first kappa shape index (κ1) is 16.3. The molecule has 1 aliphatic rings. The van der Waals surface area contributed by atoms with Gasteiger partial charge in [-0.3, -0.25) is 14.7 Å². The van der Waals surface area contributed by atoms with Crippen molar-refractivity contribution in [3.05, 3.63) is 57.8 Å². The Kier molecular flexibility index (Phi) is 4.16. The predicted molar refractivity (Wildman–Crippen MR) is 94.1 cm³/mol. The zero-order chi connectivity index (χ0) is 18.1. The van der Waals surface area contributed by atoms with Crippen molar-refractivity contribution in [2.45, 2.75) is 32.2 Å². The highest BCUT2D eigenvalue weighted by molar-refractivity contribution is 5.77. The number of benzene rings is 1. The monoisotopic (exact) mass is 353 g/mol. The summed E-state index contributed by atoms with van der Waals surface area (Å²) in [6.07, 6.45) is 2.70. The highest BCUT2D eigenvalue weighted by atomic mass is 16.5. The lowest BCUT2D eigenvalue weighted by Crippen LogP contribution is -2.33. The zero-order valence-corrected chi connectivity index (χ0v) is 14.4. The lowest BCUT2D eigenvalue weighted by atomic mass is 10.00. The first-order valence-electron chi connectivity index (χ1n) is 8.56. The van der Waals surface area contributed by atoms with Crippen LogP contribution in [0.4, 0.5) is 0 Å². The molecule has 1 aromatic carbocycles. The number of carbonyl (C=O) groups is 1. The maximum absolute atomic E-state index is 12.5. The van der Waals surface area contributed by atoms with Gasteiger partial charge in [0.05, 0.1) is 18.3 Å². The maximum atomic E-state index is 12.5. The van der Waals surface area contributed by atoms with Gasteiger partial charge in [0.25, 0.3) is 11.3 Å². The van der Waals surface area contributed by atoms with E-state index in [1.807, 2.05) is 24.3 Å². The number of rotatable bonds is 4. The normalized spacial score (nSPS) is 16.1. The first-order valence-corrected chi connectivity index (χ1v) is 8.56. The van der Waals surface area contributed by atoms with Crippen LogP contribution in [0.5, 0.6) is 5.75 Å². The number of hydrogen-bond donors (Lipinski definition) is 2. The second-order valence-electron chi connectivity index (χ2n) is 6.30. The molecule has 3 aromatic rings. The molecule has 8 heteroatoms. The van der Waals surface area contributed by atoms with E-state index < -0.39 is 0 Å². The first-order chi connectivity index (χ1) is 12.6. The summed E-state index contributed by atoms with van der Waals surface area (Å²) in [5.74, 6) is 1.05. The van der Waals surface area contributed by atoms with Gasteiger partial charge in [-0.25, -0.2) is 9.97 Å². The molecule has 8 nitrogen and oxygen atoms in total. The number of fused-ring (bicyclic) bond motifs is 2. The number of amides is 1. The molecule has 0 saturated carbocycles. The van der Waals surface area contributed by atoms with Gasteiger partial charge in [0.15, 0.2) is 0 Å². The van der Waals surface area contributed by atoms with E-state index in [2.05, 4.69) is 20.4 Å². The van der Waals surface area contributed by atoms with Gasteiger partial charge < -0.3 is 10.1 Å². The van der Waals surface area contributed by atoms with Crippen LogP contribution in [0, 0.1) is 6.92 Å². The predicted octanol–water partition coefficient (Wildman–Crippen LogP) is 1.30. The molecule has 1 aliphatic heterocycles. The number of para-hydroxylation sites is 1. The largest absolute Gasteiger partial charge is 0.493 e. The minimum absolute atomic E-state index is 0.0668. The molecular weight excluding hydrogens is 334 g/mol. The number of aromatic amines is 1. The third kappa shape index (κ3) is 2.94. The van der Waals surface area contributed by atoms with Crippen LogP contribution in [-0.2, 0) is 11.2 Å². The van der Waals surface area contributed by atoms with E-state index in [-0.39, 0.29) is 23.9 Å². The summed E-state index contributed by atoms with van der Waals surface area (Å²) < 4.78 is 6.90. The molecule has 3 heterocycles. The summed E-state index contributed by atoms with van der Waals surface area (Å²) in [7, 11) is 0. The number of aryl methyl sites for hydroxylation is 1. The molecular formula is C18H19N5O3. The van der Waals surface area contributed by atoms with Crippen LogP contribution in [0.2, 0.25) is 0 Å². The second-order valence-corrected chi connectivity index (χ2v) is 6.30. The fourth-order valence-corrected chi connectivity index (χ4v) is 3.28. The van der Waals surface area contributed by atoms with E-state index in [1.54, 1.807) is 6.92 Å². The molecule has 0 unspecified atom stereocenters. The second kappa shape index (κ2) is 6.62. The number of carbonyl (C=O) groups excluding carboxylic acids is 1. The fraction of sp³-hybridized carbons (Fsp3) is 0.333. The van der Waals surface area contributed by atoms with Crippen LogP contribution in [-0.4, -0.2) is 32.1 Å². The molecule has 0 fully saturated rings. The Hall–Kier alpha value is -3.16. The van der Waals surface area contributed by atoms with Gasteiger partial charge in [0, 0.05) is 24.0 Å². The minimum Gasteiger partial charge on any atom is -0.493 e. The van der Waals surface area contributed by atoms with Gasteiger partial charge >= 0.3 is 0 Å². The molecule has 1 atom stereocenters. The molecule has 134 valence electrons. The molecule has 26 heavy (non-hydrogen) atoms. The maximum Gasteiger partial charge on any atom is 0.277 e. The molecule has 2 N–H and O–H groups in total. The number of nitrogens with one attached hydrogen (secondary N) is 2. The standard InChI is InChI=1S/C18H19N5O3/c1-11-12(17(25)23-18(21-11)19-10-20-23)6-7-16(24)22-14-8-9-26-15-5-3-2-4-13(14)15/h2-5,10,14H,6-9H2,1H3,(H,22,24)(H,19,20,21)/t14-/m1/s1. The van der Waals surface area contributed by atoms with E-state index >= 15 is 0 Å². The van der Waals surface area contributed by atoms with Crippen molar-refractivity contribution in [2.75, 3.05) is 6.61 Å². The Labute approximate surface area is 149 Å². The quantitative estimate of drug-likeness (QED) is 0.736. The zero-order valence-electron chi connectivity index (χ0n) is 14.4. The molecule has 2 aromatic heterocycles. The van der Waals surface area contributed by atoms with Crippen LogP contribution < -0.4 is 15.6 Å². The lowest BCUT2D eigenvalue weighted by Gasteiger charge is -2.26. The van der Waals surface area contributed by atoms with Crippen molar-refractivity contribution < 1.29 is 9.53 Å². The molecule has 0 radical (unpaired) electrons. The van der Waals surface area contributed by atoms with Crippen LogP contribution in [0.3, 0.4) is 0 Å². The van der Waals surface area contributed by atoms with Crippen LogP contribution >= 0.6 is 0 Å². The van der Waals surface area contributed by atoms with Crippen LogP contribution in [0.1, 0.15) is 35.7 Å². The van der Waals surface area contributed by atoms with Crippen molar-refractivity contribution in [3.63, 3.8) is 0 Å². The van der Waals surface area contributed by atoms with Crippen molar-refractivity contribution in [1.29, 1.82) is 0 Å². The number of ether oxygens (including phenoxy) is 1. The number of nitrogens with zero attached hydrogens (tertiary/aromatic N) is 3. The summed E-state index contributed by atoms with van der Waals surface area (Å²) in [6, 6.07) is 7.65. The van der Waals surface area contributed by atoms with Crippen molar-refractivity contribution in [2.24, 2.45) is 0 Å². The van der Waals surface area contributed by atoms with E-state index in [0.29, 0.717) is 30.1 Å². The summed E-state index contributed by atoms with van der Waals surface area (Å²) >= 11 is 0. The summed E-state index contributed by atoms with van der Waals surface area (Å²) in [5, 5.41) is 5.78. The molecule has 0 aliphatic carbocycles. The Morgan fingerprint density at radius 3 is 3.15 bits per heavy atom. The molecule has 0 spiro atoms. The lowest BCUT2D eigenvalue weighted by molar-refractivity contribution is -0.122. The summed E-state index contributed by atoms with van der Waals surface area (Å²) in [6.45, 7) is 2.33. The Morgan fingerprint density at radius 2 is 2.27 bits per heavy atom. The van der Waals surface area contributed by atoms with Gasteiger partial charge in [-0.05, 0) is 19.4 Å². The Balaban J connectivity index is 1.46. The molecule has 0 bridgehead atoms. The number of aromatic nitrogens is 4. The van der Waals surface area contributed by atoms with E-state index in [4.69, 9.17) is 4.74 Å². The molecule has 0 saturated heterocycles. The van der Waals surface area contributed by atoms with Crippen LogP contribution in [0.25, 0.3) is 5.78 Å². The van der Waals surface area contributed by atoms with Crippen molar-refractivity contribution >= 4 is 11.7 Å². The smallest absolute Gasteiger partial charge is 0.277 e. The third-order valence-electron chi connectivity index (χ3n) is 4.63. The van der Waals surface area contributed by atoms with Gasteiger partial charge in [0.1, 0.15) is 12.1 Å². The van der Waals surface area contributed by atoms with Crippen molar-refractivity contribution in [3.8, 4) is 5.75 Å². The summed E-state index contributed by atoms with van der Waals surface area (Å²) in [5.41, 5.74) is 1.90. The van der Waals surface area contributed by atoms with Crippen molar-refractivity contribution in [1.82, 2.24) is 24.9 Å². The van der Waals surface area contributed by atoms with Gasteiger partial charge in [-0.15, -0.1) is 0 Å². The average Bonchev–Trinajstić information content (AvgIpc) is 3.10. The van der Waals surface area contributed by atoms with E-state index in [0.717, 1.165) is 17.7 Å². The SMILES string of the molecule is Cc1nc2nc[nH]n2c(=O)c1CCC(=O)N[C@@H]1CCOc2ccccc21.